The van der Waals surface area contributed by atoms with E-state index in [4.69, 9.17) is 15.9 Å². The number of anilines is 2. The minimum absolute atomic E-state index is 0.443. The monoisotopic (exact) mass is 245 g/mol. The zero-order valence-electron chi connectivity index (χ0n) is 10.1. The lowest BCUT2D eigenvalue weighted by atomic mass is 10.1. The van der Waals surface area contributed by atoms with E-state index in [0.29, 0.717) is 23.5 Å². The molecule has 0 unspecified atom stereocenters. The molecular formula is C13H15N3O2. The normalized spacial score (nSPS) is 10.3. The van der Waals surface area contributed by atoms with Crippen LogP contribution in [-0.2, 0) is 6.54 Å². The zero-order valence-corrected chi connectivity index (χ0v) is 10.1. The Hall–Kier alpha value is -2.43. The Balaban J connectivity index is 2.31. The van der Waals surface area contributed by atoms with Crippen LogP contribution in [0.4, 0.5) is 11.4 Å². The summed E-state index contributed by atoms with van der Waals surface area (Å²) in [5.74, 6) is 0.326. The van der Waals surface area contributed by atoms with Gasteiger partial charge in [0.05, 0.1) is 24.1 Å². The molecule has 0 radical (unpaired) electrons. The lowest BCUT2D eigenvalue weighted by Crippen LogP contribution is -2.22. The van der Waals surface area contributed by atoms with Crippen LogP contribution in [0.3, 0.4) is 0 Å². The molecule has 18 heavy (non-hydrogen) atoms. The van der Waals surface area contributed by atoms with Gasteiger partial charge in [0.2, 0.25) is 0 Å². The van der Waals surface area contributed by atoms with E-state index in [1.54, 1.807) is 24.5 Å². The van der Waals surface area contributed by atoms with E-state index < -0.39 is 5.91 Å². The summed E-state index contributed by atoms with van der Waals surface area (Å²) < 4.78 is 5.27. The fourth-order valence-corrected chi connectivity index (χ4v) is 1.79. The van der Waals surface area contributed by atoms with Gasteiger partial charge in [-0.15, -0.1) is 0 Å². The van der Waals surface area contributed by atoms with Gasteiger partial charge in [-0.2, -0.15) is 0 Å². The number of nitrogens with zero attached hydrogens (tertiary/aromatic N) is 1. The first-order valence-corrected chi connectivity index (χ1v) is 5.51. The molecule has 1 amide bonds. The summed E-state index contributed by atoms with van der Waals surface area (Å²) in [6, 6.07) is 8.70. The molecule has 2 aromatic rings. The second-order valence-electron chi connectivity index (χ2n) is 4.08. The maximum Gasteiger partial charge on any atom is 0.250 e. The van der Waals surface area contributed by atoms with Gasteiger partial charge in [0.25, 0.3) is 5.91 Å². The first-order chi connectivity index (χ1) is 8.58. The average molecular weight is 245 g/mol. The quantitative estimate of drug-likeness (QED) is 0.801. The molecule has 5 nitrogen and oxygen atoms in total. The van der Waals surface area contributed by atoms with Gasteiger partial charge < -0.3 is 20.8 Å². The fraction of sp³-hybridized carbons (Fsp3) is 0.154. The predicted octanol–water partition coefficient (Wildman–Crippen LogP) is 1.60. The number of furan rings is 1. The Morgan fingerprint density at radius 1 is 1.39 bits per heavy atom. The molecule has 0 aliphatic rings. The maximum absolute atomic E-state index is 11.4. The van der Waals surface area contributed by atoms with Gasteiger partial charge in [0, 0.05) is 12.7 Å². The number of rotatable bonds is 4. The summed E-state index contributed by atoms with van der Waals surface area (Å²) in [6.45, 7) is 0.538. The van der Waals surface area contributed by atoms with E-state index in [0.717, 1.165) is 5.76 Å². The minimum atomic E-state index is -0.476. The average Bonchev–Trinajstić information content (AvgIpc) is 2.81. The largest absolute Gasteiger partial charge is 0.467 e. The van der Waals surface area contributed by atoms with Crippen molar-refractivity contribution in [3.8, 4) is 0 Å². The molecule has 1 heterocycles. The summed E-state index contributed by atoms with van der Waals surface area (Å²) in [6.07, 6.45) is 1.61. The van der Waals surface area contributed by atoms with Crippen molar-refractivity contribution in [3.63, 3.8) is 0 Å². The van der Waals surface area contributed by atoms with Gasteiger partial charge in [-0.3, -0.25) is 4.79 Å². The third kappa shape index (κ3) is 2.45. The third-order valence-electron chi connectivity index (χ3n) is 2.67. The van der Waals surface area contributed by atoms with E-state index in [1.165, 1.54) is 0 Å². The summed E-state index contributed by atoms with van der Waals surface area (Å²) in [5, 5.41) is 0. The Kier molecular flexibility index (Phi) is 3.23. The lowest BCUT2D eigenvalue weighted by molar-refractivity contribution is 0.100. The fourth-order valence-electron chi connectivity index (χ4n) is 1.79. The smallest absolute Gasteiger partial charge is 0.250 e. The molecule has 0 aliphatic carbocycles. The van der Waals surface area contributed by atoms with E-state index in [2.05, 4.69) is 0 Å². The summed E-state index contributed by atoms with van der Waals surface area (Å²) in [5.41, 5.74) is 12.8. The SMILES string of the molecule is CN(Cc1ccco1)c1cc(N)ccc1C(N)=O. The molecule has 5 heteroatoms. The molecule has 4 N–H and O–H groups in total. The topological polar surface area (TPSA) is 85.5 Å². The molecule has 0 bridgehead atoms. The van der Waals surface area contributed by atoms with Crippen LogP contribution >= 0.6 is 0 Å². The molecule has 2 rings (SSSR count). The first-order valence-electron chi connectivity index (χ1n) is 5.51. The number of hydrogen-bond donors (Lipinski definition) is 2. The van der Waals surface area contributed by atoms with Crippen molar-refractivity contribution < 1.29 is 9.21 Å². The van der Waals surface area contributed by atoms with Crippen molar-refractivity contribution in [2.75, 3.05) is 17.7 Å². The second kappa shape index (κ2) is 4.83. The highest BCUT2D eigenvalue weighted by atomic mass is 16.3. The van der Waals surface area contributed by atoms with Crippen LogP contribution in [0, 0.1) is 0 Å². The number of benzene rings is 1. The van der Waals surface area contributed by atoms with Crippen LogP contribution < -0.4 is 16.4 Å². The van der Waals surface area contributed by atoms with Gasteiger partial charge in [-0.05, 0) is 30.3 Å². The van der Waals surface area contributed by atoms with Gasteiger partial charge in [0.1, 0.15) is 5.76 Å². The molecule has 0 aliphatic heterocycles. The van der Waals surface area contributed by atoms with E-state index >= 15 is 0 Å². The number of amides is 1. The van der Waals surface area contributed by atoms with Crippen molar-refractivity contribution in [1.29, 1.82) is 0 Å². The van der Waals surface area contributed by atoms with Gasteiger partial charge in [0.15, 0.2) is 0 Å². The van der Waals surface area contributed by atoms with Crippen molar-refractivity contribution >= 4 is 17.3 Å². The number of nitrogens with two attached hydrogens (primary N) is 2. The van der Waals surface area contributed by atoms with E-state index in [1.807, 2.05) is 24.1 Å². The van der Waals surface area contributed by atoms with E-state index in [9.17, 15) is 4.79 Å². The standard InChI is InChI=1S/C13H15N3O2/c1-16(8-10-3-2-6-18-10)12-7-9(14)4-5-11(12)13(15)17/h2-7H,8,14H2,1H3,(H2,15,17). The molecule has 1 aromatic heterocycles. The van der Waals surface area contributed by atoms with Gasteiger partial charge in [-0.1, -0.05) is 0 Å². The molecule has 0 atom stereocenters. The summed E-state index contributed by atoms with van der Waals surface area (Å²) >= 11 is 0. The number of carbonyl (C=O) groups is 1. The number of hydrogen-bond acceptors (Lipinski definition) is 4. The Morgan fingerprint density at radius 3 is 2.78 bits per heavy atom. The molecule has 94 valence electrons. The molecule has 0 saturated heterocycles. The van der Waals surface area contributed by atoms with Crippen LogP contribution in [0.25, 0.3) is 0 Å². The minimum Gasteiger partial charge on any atom is -0.467 e. The third-order valence-corrected chi connectivity index (χ3v) is 2.67. The zero-order chi connectivity index (χ0) is 13.1. The molecule has 0 saturated carbocycles. The highest BCUT2D eigenvalue weighted by Crippen LogP contribution is 2.23. The van der Waals surface area contributed by atoms with Gasteiger partial charge in [-0.25, -0.2) is 0 Å². The van der Waals surface area contributed by atoms with Crippen molar-refractivity contribution in [2.24, 2.45) is 5.73 Å². The Morgan fingerprint density at radius 2 is 2.17 bits per heavy atom. The van der Waals surface area contributed by atoms with Crippen LogP contribution in [0.2, 0.25) is 0 Å². The van der Waals surface area contributed by atoms with Gasteiger partial charge >= 0.3 is 0 Å². The summed E-state index contributed by atoms with van der Waals surface area (Å²) in [7, 11) is 1.85. The van der Waals surface area contributed by atoms with Crippen LogP contribution in [0.5, 0.6) is 0 Å². The molecule has 0 spiro atoms. The molecule has 1 aromatic carbocycles. The molecule has 0 fully saturated rings. The van der Waals surface area contributed by atoms with Crippen LogP contribution in [0.1, 0.15) is 16.1 Å². The Bertz CT molecular complexity index is 549. The summed E-state index contributed by atoms with van der Waals surface area (Å²) in [4.78, 5) is 13.2. The number of primary amides is 1. The van der Waals surface area contributed by atoms with Crippen molar-refractivity contribution in [3.05, 3.63) is 47.9 Å². The predicted molar refractivity (Wildman–Crippen MR) is 70.2 cm³/mol. The lowest BCUT2D eigenvalue weighted by Gasteiger charge is -2.20. The highest BCUT2D eigenvalue weighted by molar-refractivity contribution is 5.99. The number of carbonyl (C=O) groups excluding carboxylic acids is 1. The Labute approximate surface area is 105 Å². The van der Waals surface area contributed by atoms with E-state index in [-0.39, 0.29) is 0 Å². The number of nitrogen functional groups attached to an aromatic ring is 1. The van der Waals surface area contributed by atoms with Crippen molar-refractivity contribution in [2.45, 2.75) is 6.54 Å². The second-order valence-corrected chi connectivity index (χ2v) is 4.08. The van der Waals surface area contributed by atoms with Crippen molar-refractivity contribution in [1.82, 2.24) is 0 Å². The first kappa shape index (κ1) is 12.0. The van der Waals surface area contributed by atoms with Crippen LogP contribution in [0.15, 0.2) is 41.0 Å². The highest BCUT2D eigenvalue weighted by Gasteiger charge is 2.13. The molecular weight excluding hydrogens is 230 g/mol. The van der Waals surface area contributed by atoms with Crippen LogP contribution in [-0.4, -0.2) is 13.0 Å². The maximum atomic E-state index is 11.4.